The molecule has 0 saturated heterocycles. The second-order valence-electron chi connectivity index (χ2n) is 3.95. The van der Waals surface area contributed by atoms with Crippen molar-refractivity contribution in [1.29, 1.82) is 0 Å². The Balaban J connectivity index is 3.44. The predicted molar refractivity (Wildman–Crippen MR) is 77.5 cm³/mol. The number of carbonyl (C=O) groups is 1. The Morgan fingerprint density at radius 3 is 2.53 bits per heavy atom. The highest BCUT2D eigenvalue weighted by Gasteiger charge is 2.23. The molecule has 94 valence electrons. The third-order valence-electron chi connectivity index (χ3n) is 2.76. The molecule has 2 nitrogen and oxygen atoms in total. The normalized spacial score (nSPS) is 12.4. The lowest BCUT2D eigenvalue weighted by Crippen LogP contribution is -2.16. The molecule has 0 aliphatic carbocycles. The molecular formula is C13H16Br2O2. The Hall–Kier alpha value is -0.350. The molecule has 0 amide bonds. The largest absolute Gasteiger partial charge is 0.496 e. The summed E-state index contributed by atoms with van der Waals surface area (Å²) in [5.74, 6) is 0.750. The van der Waals surface area contributed by atoms with Gasteiger partial charge in [0.15, 0.2) is 5.78 Å². The van der Waals surface area contributed by atoms with Crippen LogP contribution in [0.4, 0.5) is 0 Å². The smallest absolute Gasteiger partial charge is 0.180 e. The van der Waals surface area contributed by atoms with Crippen molar-refractivity contribution in [1.82, 2.24) is 0 Å². The number of carbonyl (C=O) groups excluding carboxylic acids is 1. The second-order valence-corrected chi connectivity index (χ2v) is 5.91. The number of benzene rings is 1. The summed E-state index contributed by atoms with van der Waals surface area (Å²) in [5, 5.41) is 0. The van der Waals surface area contributed by atoms with Crippen LogP contribution in [-0.4, -0.2) is 17.7 Å². The number of Topliss-reactive ketones (excluding diaryl/α,β-unsaturated/α-hetero) is 1. The van der Waals surface area contributed by atoms with E-state index in [0.29, 0.717) is 11.3 Å². The van der Waals surface area contributed by atoms with E-state index in [9.17, 15) is 4.79 Å². The first-order chi connectivity index (χ1) is 7.93. The first kappa shape index (κ1) is 14.7. The maximum atomic E-state index is 12.3. The van der Waals surface area contributed by atoms with Gasteiger partial charge in [0.1, 0.15) is 5.75 Å². The van der Waals surface area contributed by atoms with Crippen LogP contribution in [0.1, 0.15) is 34.8 Å². The molecule has 1 rings (SSSR count). The van der Waals surface area contributed by atoms with Gasteiger partial charge in [-0.05, 0) is 37.5 Å². The van der Waals surface area contributed by atoms with Crippen LogP contribution >= 0.6 is 31.9 Å². The quantitative estimate of drug-likeness (QED) is 0.584. The van der Waals surface area contributed by atoms with Crippen molar-refractivity contribution in [2.45, 2.75) is 32.0 Å². The molecule has 0 heterocycles. The summed E-state index contributed by atoms with van der Waals surface area (Å²) in [6, 6.07) is 1.97. The standard InChI is InChI=1S/C13H16Br2O2/c1-5-9(14)12(16)11-8(3)10(15)6-7(2)13(11)17-4/h6,9H,5H2,1-4H3. The van der Waals surface area contributed by atoms with E-state index in [1.807, 2.05) is 26.8 Å². The molecule has 1 atom stereocenters. The summed E-state index contributed by atoms with van der Waals surface area (Å²) in [7, 11) is 1.60. The Bertz CT molecular complexity index is 442. The molecule has 0 radical (unpaired) electrons. The maximum Gasteiger partial charge on any atom is 0.180 e. The molecule has 0 aromatic heterocycles. The molecular weight excluding hydrogens is 348 g/mol. The topological polar surface area (TPSA) is 26.3 Å². The summed E-state index contributed by atoms with van der Waals surface area (Å²) >= 11 is 6.88. The summed E-state index contributed by atoms with van der Waals surface area (Å²) in [6.45, 7) is 5.84. The van der Waals surface area contributed by atoms with Crippen LogP contribution in [0.3, 0.4) is 0 Å². The zero-order valence-corrected chi connectivity index (χ0v) is 13.6. The van der Waals surface area contributed by atoms with Gasteiger partial charge in [-0.1, -0.05) is 38.8 Å². The maximum absolute atomic E-state index is 12.3. The number of aryl methyl sites for hydroxylation is 1. The number of hydrogen-bond acceptors (Lipinski definition) is 2. The van der Waals surface area contributed by atoms with E-state index in [-0.39, 0.29) is 10.6 Å². The minimum atomic E-state index is -0.163. The highest BCUT2D eigenvalue weighted by Crippen LogP contribution is 2.34. The van der Waals surface area contributed by atoms with Crippen molar-refractivity contribution in [3.8, 4) is 5.75 Å². The fourth-order valence-electron chi connectivity index (χ4n) is 1.75. The van der Waals surface area contributed by atoms with Crippen molar-refractivity contribution in [2.24, 2.45) is 0 Å². The van der Waals surface area contributed by atoms with Crippen LogP contribution in [0.5, 0.6) is 5.75 Å². The predicted octanol–water partition coefficient (Wildman–Crippen LogP) is 4.43. The van der Waals surface area contributed by atoms with E-state index in [0.717, 1.165) is 22.0 Å². The van der Waals surface area contributed by atoms with Crippen LogP contribution in [0.2, 0.25) is 0 Å². The first-order valence-corrected chi connectivity index (χ1v) is 7.16. The van der Waals surface area contributed by atoms with Crippen LogP contribution in [-0.2, 0) is 0 Å². The molecule has 4 heteroatoms. The van der Waals surface area contributed by atoms with Gasteiger partial charge in [-0.15, -0.1) is 0 Å². The van der Waals surface area contributed by atoms with Crippen molar-refractivity contribution in [3.63, 3.8) is 0 Å². The van der Waals surface area contributed by atoms with E-state index < -0.39 is 0 Å². The lowest BCUT2D eigenvalue weighted by atomic mass is 9.98. The van der Waals surface area contributed by atoms with Crippen molar-refractivity contribution in [2.75, 3.05) is 7.11 Å². The van der Waals surface area contributed by atoms with Gasteiger partial charge in [0.2, 0.25) is 0 Å². The number of halogens is 2. The Kier molecular flexibility index (Phi) is 5.20. The molecule has 0 saturated carbocycles. The second kappa shape index (κ2) is 6.01. The number of hydrogen-bond donors (Lipinski definition) is 0. The highest BCUT2D eigenvalue weighted by atomic mass is 79.9. The fraction of sp³-hybridized carbons (Fsp3) is 0.462. The van der Waals surface area contributed by atoms with E-state index in [2.05, 4.69) is 31.9 Å². The molecule has 0 fully saturated rings. The van der Waals surface area contributed by atoms with Gasteiger partial charge in [0.25, 0.3) is 0 Å². The Morgan fingerprint density at radius 2 is 2.06 bits per heavy atom. The zero-order valence-electron chi connectivity index (χ0n) is 10.4. The lowest BCUT2D eigenvalue weighted by Gasteiger charge is -2.16. The molecule has 1 aromatic carbocycles. The van der Waals surface area contributed by atoms with Crippen LogP contribution in [0, 0.1) is 13.8 Å². The van der Waals surface area contributed by atoms with Gasteiger partial charge in [-0.3, -0.25) is 4.79 Å². The molecule has 1 unspecified atom stereocenters. The number of ketones is 1. The lowest BCUT2D eigenvalue weighted by molar-refractivity contribution is 0.0986. The number of alkyl halides is 1. The summed E-state index contributed by atoms with van der Waals surface area (Å²) in [4.78, 5) is 12.2. The Morgan fingerprint density at radius 1 is 1.47 bits per heavy atom. The van der Waals surface area contributed by atoms with Gasteiger partial charge in [0, 0.05) is 4.47 Å². The zero-order chi connectivity index (χ0) is 13.2. The highest BCUT2D eigenvalue weighted by molar-refractivity contribution is 9.10. The third-order valence-corrected chi connectivity index (χ3v) is 4.64. The average Bonchev–Trinajstić information content (AvgIpc) is 2.31. The molecule has 0 bridgehead atoms. The number of methoxy groups -OCH3 is 1. The number of ether oxygens (including phenoxy) is 1. The van der Waals surface area contributed by atoms with Gasteiger partial charge in [-0.25, -0.2) is 0 Å². The average molecular weight is 364 g/mol. The van der Waals surface area contributed by atoms with E-state index in [1.165, 1.54) is 0 Å². The van der Waals surface area contributed by atoms with E-state index in [1.54, 1.807) is 7.11 Å². The van der Waals surface area contributed by atoms with Gasteiger partial charge in [-0.2, -0.15) is 0 Å². The minimum Gasteiger partial charge on any atom is -0.496 e. The molecule has 0 aliphatic rings. The number of rotatable bonds is 4. The molecule has 0 spiro atoms. The molecule has 0 aliphatic heterocycles. The van der Waals surface area contributed by atoms with E-state index in [4.69, 9.17) is 4.74 Å². The van der Waals surface area contributed by atoms with Crippen LogP contribution in [0.25, 0.3) is 0 Å². The van der Waals surface area contributed by atoms with Crippen LogP contribution < -0.4 is 4.74 Å². The van der Waals surface area contributed by atoms with E-state index >= 15 is 0 Å². The molecule has 0 N–H and O–H groups in total. The van der Waals surface area contributed by atoms with Crippen molar-refractivity contribution < 1.29 is 9.53 Å². The molecule has 1 aromatic rings. The summed E-state index contributed by atoms with van der Waals surface area (Å²) in [5.41, 5.74) is 2.56. The summed E-state index contributed by atoms with van der Waals surface area (Å²) in [6.07, 6.45) is 0.757. The van der Waals surface area contributed by atoms with Gasteiger partial charge < -0.3 is 4.74 Å². The third kappa shape index (κ3) is 2.91. The van der Waals surface area contributed by atoms with Crippen molar-refractivity contribution >= 4 is 37.6 Å². The summed E-state index contributed by atoms with van der Waals surface area (Å²) < 4.78 is 6.31. The van der Waals surface area contributed by atoms with Crippen LogP contribution in [0.15, 0.2) is 10.5 Å². The van der Waals surface area contributed by atoms with Crippen molar-refractivity contribution in [3.05, 3.63) is 27.2 Å². The fourth-order valence-corrected chi connectivity index (χ4v) is 2.52. The first-order valence-electron chi connectivity index (χ1n) is 5.46. The SMILES string of the molecule is CCC(Br)C(=O)c1c(C)c(Br)cc(C)c1OC. The minimum absolute atomic E-state index is 0.0752. The Labute approximate surface area is 119 Å². The monoisotopic (exact) mass is 362 g/mol. The molecule has 17 heavy (non-hydrogen) atoms. The van der Waals surface area contributed by atoms with Gasteiger partial charge in [0.05, 0.1) is 17.5 Å². The van der Waals surface area contributed by atoms with Gasteiger partial charge >= 0.3 is 0 Å².